The number of aromatic nitrogens is 4. The summed E-state index contributed by atoms with van der Waals surface area (Å²) < 4.78 is 20.0. The Morgan fingerprint density at radius 3 is 2.69 bits per heavy atom. The van der Waals surface area contributed by atoms with Crippen LogP contribution in [-0.2, 0) is 16.8 Å². The molecule has 1 saturated heterocycles. The molecule has 0 unspecified atom stereocenters. The van der Waals surface area contributed by atoms with Crippen molar-refractivity contribution in [2.75, 3.05) is 49.3 Å². The van der Waals surface area contributed by atoms with E-state index in [9.17, 15) is 4.39 Å². The van der Waals surface area contributed by atoms with Gasteiger partial charge in [0.25, 0.3) is 0 Å². The molecule has 2 aliphatic heterocycles. The van der Waals surface area contributed by atoms with E-state index >= 15 is 0 Å². The Kier molecular flexibility index (Phi) is 4.10. The zero-order valence-electron chi connectivity index (χ0n) is 14.9. The number of ether oxygens (including phenoxy) is 1. The third kappa shape index (κ3) is 2.82. The average Bonchev–Trinajstić information content (AvgIpc) is 2.63. The standard InChI is InChI=1S/C17H22FN7O/c1-24(2)14-12(18)10-21-16(23-14)25-6-4-17(5-7-25)13-11(3-8-26-17)9-20-15(19)22-13/h9-10H,3-8H2,1-2H3,(H2,19,20,22). The van der Waals surface area contributed by atoms with E-state index in [1.165, 1.54) is 6.20 Å². The van der Waals surface area contributed by atoms with Crippen molar-refractivity contribution in [3.05, 3.63) is 29.5 Å². The molecule has 0 atom stereocenters. The molecule has 1 fully saturated rings. The number of piperidine rings is 1. The molecular weight excluding hydrogens is 337 g/mol. The summed E-state index contributed by atoms with van der Waals surface area (Å²) in [6, 6.07) is 0. The molecule has 138 valence electrons. The highest BCUT2D eigenvalue weighted by molar-refractivity contribution is 5.44. The molecule has 2 aliphatic rings. The van der Waals surface area contributed by atoms with E-state index in [2.05, 4.69) is 24.8 Å². The van der Waals surface area contributed by atoms with Crippen molar-refractivity contribution in [2.45, 2.75) is 24.9 Å². The summed E-state index contributed by atoms with van der Waals surface area (Å²) >= 11 is 0. The maximum Gasteiger partial charge on any atom is 0.227 e. The summed E-state index contributed by atoms with van der Waals surface area (Å²) in [6.07, 6.45) is 5.32. The van der Waals surface area contributed by atoms with Crippen LogP contribution in [0.4, 0.5) is 22.1 Å². The zero-order chi connectivity index (χ0) is 18.3. The molecule has 9 heteroatoms. The first-order valence-corrected chi connectivity index (χ1v) is 8.69. The van der Waals surface area contributed by atoms with Gasteiger partial charge in [-0.05, 0) is 24.8 Å². The number of hydrogen-bond acceptors (Lipinski definition) is 8. The van der Waals surface area contributed by atoms with Gasteiger partial charge in [-0.2, -0.15) is 4.98 Å². The normalized spacial score (nSPS) is 18.7. The fraction of sp³-hybridized carbons (Fsp3) is 0.529. The maximum atomic E-state index is 13.8. The number of fused-ring (bicyclic) bond motifs is 2. The molecule has 2 N–H and O–H groups in total. The summed E-state index contributed by atoms with van der Waals surface area (Å²) in [5.41, 5.74) is 7.37. The molecule has 1 spiro atoms. The van der Waals surface area contributed by atoms with E-state index in [1.54, 1.807) is 25.2 Å². The van der Waals surface area contributed by atoms with Crippen molar-refractivity contribution in [1.82, 2.24) is 19.9 Å². The Balaban J connectivity index is 1.57. The lowest BCUT2D eigenvalue weighted by molar-refractivity contribution is -0.0802. The largest absolute Gasteiger partial charge is 0.368 e. The van der Waals surface area contributed by atoms with Crippen LogP contribution in [0.5, 0.6) is 0 Å². The maximum absolute atomic E-state index is 13.8. The van der Waals surface area contributed by atoms with Gasteiger partial charge in [-0.15, -0.1) is 0 Å². The summed E-state index contributed by atoms with van der Waals surface area (Å²) in [4.78, 5) is 20.8. The van der Waals surface area contributed by atoms with Gasteiger partial charge < -0.3 is 20.3 Å². The van der Waals surface area contributed by atoms with Gasteiger partial charge in [-0.3, -0.25) is 0 Å². The van der Waals surface area contributed by atoms with E-state index in [1.807, 2.05) is 0 Å². The Hall–Kier alpha value is -2.55. The smallest absolute Gasteiger partial charge is 0.227 e. The summed E-state index contributed by atoms with van der Waals surface area (Å²) in [6.45, 7) is 2.04. The minimum absolute atomic E-state index is 0.272. The van der Waals surface area contributed by atoms with Crippen molar-refractivity contribution in [1.29, 1.82) is 0 Å². The summed E-state index contributed by atoms with van der Waals surface area (Å²) in [5, 5.41) is 0. The number of halogens is 1. The highest BCUT2D eigenvalue weighted by atomic mass is 19.1. The monoisotopic (exact) mass is 359 g/mol. The molecule has 4 rings (SSSR count). The van der Waals surface area contributed by atoms with Crippen LogP contribution < -0.4 is 15.5 Å². The van der Waals surface area contributed by atoms with Crippen LogP contribution in [0.3, 0.4) is 0 Å². The van der Waals surface area contributed by atoms with Gasteiger partial charge in [0, 0.05) is 33.4 Å². The lowest BCUT2D eigenvalue weighted by Crippen LogP contribution is -2.47. The molecule has 8 nitrogen and oxygen atoms in total. The Labute approximate surface area is 151 Å². The van der Waals surface area contributed by atoms with Crippen LogP contribution >= 0.6 is 0 Å². The quantitative estimate of drug-likeness (QED) is 0.853. The second-order valence-corrected chi connectivity index (χ2v) is 6.92. The molecule has 0 aliphatic carbocycles. The number of rotatable bonds is 2. The van der Waals surface area contributed by atoms with Gasteiger partial charge >= 0.3 is 0 Å². The van der Waals surface area contributed by atoms with E-state index in [0.717, 1.165) is 30.5 Å². The summed E-state index contributed by atoms with van der Waals surface area (Å²) in [5.74, 6) is 0.663. The molecule has 2 aromatic heterocycles. The number of hydrogen-bond donors (Lipinski definition) is 1. The van der Waals surface area contributed by atoms with Crippen LogP contribution in [0.1, 0.15) is 24.1 Å². The molecule has 26 heavy (non-hydrogen) atoms. The van der Waals surface area contributed by atoms with Gasteiger partial charge in [0.05, 0.1) is 18.5 Å². The minimum Gasteiger partial charge on any atom is -0.368 e. The first kappa shape index (κ1) is 16.9. The molecule has 0 aromatic carbocycles. The topological polar surface area (TPSA) is 93.3 Å². The van der Waals surface area contributed by atoms with E-state index in [0.29, 0.717) is 25.6 Å². The van der Waals surface area contributed by atoms with Gasteiger partial charge in [0.1, 0.15) is 5.60 Å². The van der Waals surface area contributed by atoms with Crippen LogP contribution in [0, 0.1) is 5.82 Å². The van der Waals surface area contributed by atoms with Gasteiger partial charge in [0.2, 0.25) is 11.9 Å². The molecule has 4 heterocycles. The van der Waals surface area contributed by atoms with Crippen LogP contribution in [-0.4, -0.2) is 53.7 Å². The Morgan fingerprint density at radius 1 is 1.19 bits per heavy atom. The van der Waals surface area contributed by atoms with Crippen molar-refractivity contribution < 1.29 is 9.13 Å². The predicted octanol–water partition coefficient (Wildman–Crippen LogP) is 1.12. The fourth-order valence-electron chi connectivity index (χ4n) is 3.69. The van der Waals surface area contributed by atoms with Gasteiger partial charge in [-0.25, -0.2) is 19.3 Å². The second kappa shape index (κ2) is 6.31. The van der Waals surface area contributed by atoms with Crippen molar-refractivity contribution >= 4 is 17.7 Å². The second-order valence-electron chi connectivity index (χ2n) is 6.92. The highest BCUT2D eigenvalue weighted by Gasteiger charge is 2.43. The number of nitrogen functional groups attached to an aromatic ring is 1. The molecule has 0 amide bonds. The molecule has 0 bridgehead atoms. The summed E-state index contributed by atoms with van der Waals surface area (Å²) in [7, 11) is 3.52. The number of anilines is 3. The van der Waals surface area contributed by atoms with E-state index < -0.39 is 11.4 Å². The first-order valence-electron chi connectivity index (χ1n) is 8.69. The van der Waals surface area contributed by atoms with Crippen LogP contribution in [0.25, 0.3) is 0 Å². The average molecular weight is 359 g/mol. The number of nitrogens with two attached hydrogens (primary N) is 1. The van der Waals surface area contributed by atoms with Crippen molar-refractivity contribution in [2.24, 2.45) is 0 Å². The Morgan fingerprint density at radius 2 is 1.96 bits per heavy atom. The highest BCUT2D eigenvalue weighted by Crippen LogP contribution is 2.41. The lowest BCUT2D eigenvalue weighted by atomic mass is 9.83. The van der Waals surface area contributed by atoms with Crippen molar-refractivity contribution in [3.8, 4) is 0 Å². The first-order chi connectivity index (χ1) is 12.5. The van der Waals surface area contributed by atoms with Gasteiger partial charge in [-0.1, -0.05) is 0 Å². The third-order valence-electron chi connectivity index (χ3n) is 5.05. The molecule has 0 saturated carbocycles. The van der Waals surface area contributed by atoms with Crippen molar-refractivity contribution in [3.63, 3.8) is 0 Å². The predicted molar refractivity (Wildman–Crippen MR) is 95.5 cm³/mol. The molecule has 0 radical (unpaired) electrons. The third-order valence-corrected chi connectivity index (χ3v) is 5.05. The fourth-order valence-corrected chi connectivity index (χ4v) is 3.69. The number of nitrogens with zero attached hydrogens (tertiary/aromatic N) is 6. The lowest BCUT2D eigenvalue weighted by Gasteiger charge is -2.44. The van der Waals surface area contributed by atoms with Crippen LogP contribution in [0.2, 0.25) is 0 Å². The SMILES string of the molecule is CN(C)c1nc(N2CCC3(CC2)OCCc2cnc(N)nc23)ncc1F. The van der Waals surface area contributed by atoms with E-state index in [4.69, 9.17) is 10.5 Å². The van der Waals surface area contributed by atoms with Gasteiger partial charge in [0.15, 0.2) is 11.6 Å². The molecule has 2 aromatic rings. The Bertz CT molecular complexity index is 821. The molecular formula is C17H22FN7O. The minimum atomic E-state index is -0.439. The van der Waals surface area contributed by atoms with E-state index in [-0.39, 0.29) is 11.8 Å². The van der Waals surface area contributed by atoms with Crippen LogP contribution in [0.15, 0.2) is 12.4 Å². The zero-order valence-corrected chi connectivity index (χ0v) is 14.9.